The Balaban J connectivity index is 0.000000373. The van der Waals surface area contributed by atoms with E-state index in [-0.39, 0.29) is 53.1 Å². The van der Waals surface area contributed by atoms with E-state index in [2.05, 4.69) is 45.4 Å². The van der Waals surface area contributed by atoms with Gasteiger partial charge in [0, 0.05) is 27.3 Å². The molecule has 0 bridgehead atoms. The van der Waals surface area contributed by atoms with Gasteiger partial charge in [0.05, 0.1) is 11.1 Å². The first-order valence-corrected chi connectivity index (χ1v) is 14.7. The molecule has 0 atom stereocenters. The minimum atomic E-state index is -0.254. The molecular weight excluding hydrogens is 682 g/mol. The van der Waals surface area contributed by atoms with Crippen molar-refractivity contribution in [3.05, 3.63) is 127 Å². The molecule has 0 unspecified atom stereocenters. The van der Waals surface area contributed by atoms with Gasteiger partial charge in [0.2, 0.25) is 0 Å². The molecule has 4 heterocycles. The fourth-order valence-electron chi connectivity index (χ4n) is 3.89. The van der Waals surface area contributed by atoms with Gasteiger partial charge in [-0.05, 0) is 48.2 Å². The number of hydrogen-bond acceptors (Lipinski definition) is 6. The number of halogens is 4. The number of allylic oxidation sites excluding steroid dienone is 2. The van der Waals surface area contributed by atoms with Crippen LogP contribution >= 0.6 is 51.3 Å². The first kappa shape index (κ1) is 36.6. The SMILES string of the molecule is Br.C=CCCc1ncnc2scc(-c3ccc(F)cc3)c12.C=CC[CH2-].Fc1ccc(-c2csc3ncnc(Cl)c23)cc1.[H-].[Mg+2]. The van der Waals surface area contributed by atoms with Crippen LogP contribution in [0.5, 0.6) is 0 Å². The second kappa shape index (κ2) is 18.3. The van der Waals surface area contributed by atoms with Crippen molar-refractivity contribution in [2.45, 2.75) is 19.3 Å². The molecule has 0 aliphatic carbocycles. The van der Waals surface area contributed by atoms with Gasteiger partial charge in [-0.3, -0.25) is 0 Å². The average molecular weight is 710 g/mol. The predicted molar refractivity (Wildman–Crippen MR) is 187 cm³/mol. The van der Waals surface area contributed by atoms with E-state index in [0.717, 1.165) is 67.6 Å². The molecule has 0 aliphatic rings. The van der Waals surface area contributed by atoms with E-state index in [1.165, 1.54) is 41.9 Å². The van der Waals surface area contributed by atoms with Gasteiger partial charge in [-0.15, -0.1) is 58.9 Å². The van der Waals surface area contributed by atoms with Crippen molar-refractivity contribution >= 4 is 94.7 Å². The van der Waals surface area contributed by atoms with E-state index in [0.29, 0.717) is 5.15 Å². The molecule has 0 saturated carbocycles. The Morgan fingerprint density at radius 2 is 1.23 bits per heavy atom. The quantitative estimate of drug-likeness (QED) is 0.0748. The summed E-state index contributed by atoms with van der Waals surface area (Å²) in [6.45, 7) is 10.7. The zero-order valence-electron chi connectivity index (χ0n) is 24.2. The number of nitrogens with zero attached hydrogens (tertiary/aromatic N) is 4. The van der Waals surface area contributed by atoms with Crippen molar-refractivity contribution in [2.75, 3.05) is 0 Å². The summed E-state index contributed by atoms with van der Waals surface area (Å²) in [6, 6.07) is 12.8. The molecule has 0 radical (unpaired) electrons. The van der Waals surface area contributed by atoms with Crippen molar-refractivity contribution in [1.82, 2.24) is 19.9 Å². The standard InChI is InChI=1S/C16H13FN2S.C12H6ClFN2S.C4H7.BrH.Mg.H/c1-2-3-4-14-15-13(9-20-16(15)19-10-18-14)11-5-7-12(17)8-6-11;13-11-10-9(5-17-12(10)16-6-15-11)7-1-3-8(14)4-2-7;1-3-4-2;;;/h2,5-10H,1,3-4H2;1-6H;3H,1-2,4H2;1H;;/q;;-1;;+2;-1. The van der Waals surface area contributed by atoms with Crippen LogP contribution in [0.25, 0.3) is 42.7 Å². The topological polar surface area (TPSA) is 51.6 Å². The number of benzene rings is 2. The normalized spacial score (nSPS) is 9.95. The van der Waals surface area contributed by atoms with Crippen LogP contribution in [0.1, 0.15) is 20.0 Å². The largest absolute Gasteiger partial charge is 2.00 e. The molecule has 6 aromatic rings. The van der Waals surface area contributed by atoms with E-state index in [9.17, 15) is 8.78 Å². The van der Waals surface area contributed by atoms with Gasteiger partial charge in [0.25, 0.3) is 0 Å². The Hall–Kier alpha value is -2.60. The Labute approximate surface area is 291 Å². The van der Waals surface area contributed by atoms with Crippen LogP contribution in [0.15, 0.2) is 97.3 Å². The van der Waals surface area contributed by atoms with E-state index in [4.69, 9.17) is 11.6 Å². The average Bonchev–Trinajstić information content (AvgIpc) is 3.63. The minimum absolute atomic E-state index is 0. The smallest absolute Gasteiger partial charge is 1.00 e. The van der Waals surface area contributed by atoms with Gasteiger partial charge in [-0.1, -0.05) is 41.9 Å². The molecule has 0 N–H and O–H groups in total. The molecule has 2 aromatic carbocycles. The Morgan fingerprint density at radius 3 is 1.72 bits per heavy atom. The van der Waals surface area contributed by atoms with Crippen LogP contribution in [0, 0.1) is 18.6 Å². The summed E-state index contributed by atoms with van der Waals surface area (Å²) >= 11 is 9.15. The van der Waals surface area contributed by atoms with E-state index < -0.39 is 0 Å². The maximum atomic E-state index is 13.1. The number of aryl methyl sites for hydroxylation is 1. The van der Waals surface area contributed by atoms with Crippen molar-refractivity contribution in [2.24, 2.45) is 0 Å². The molecule has 0 aliphatic heterocycles. The monoisotopic (exact) mass is 708 g/mol. The van der Waals surface area contributed by atoms with Crippen LogP contribution in [0.4, 0.5) is 8.78 Å². The van der Waals surface area contributed by atoms with Crippen molar-refractivity contribution < 1.29 is 10.2 Å². The Kier molecular flexibility index (Phi) is 15.5. The molecule has 0 saturated heterocycles. The summed E-state index contributed by atoms with van der Waals surface area (Å²) in [5.41, 5.74) is 4.94. The molecule has 0 fully saturated rings. The van der Waals surface area contributed by atoms with Crippen molar-refractivity contribution in [3.8, 4) is 22.3 Å². The van der Waals surface area contributed by atoms with Crippen LogP contribution in [0.2, 0.25) is 5.15 Å². The van der Waals surface area contributed by atoms with Gasteiger partial charge in [0.15, 0.2) is 0 Å². The van der Waals surface area contributed by atoms with E-state index in [1.54, 1.807) is 48.0 Å². The Morgan fingerprint density at radius 1 is 0.767 bits per heavy atom. The summed E-state index contributed by atoms with van der Waals surface area (Å²) < 4.78 is 25.9. The molecule has 43 heavy (non-hydrogen) atoms. The van der Waals surface area contributed by atoms with E-state index in [1.807, 2.05) is 11.5 Å². The van der Waals surface area contributed by atoms with Crippen LogP contribution in [-0.4, -0.2) is 43.0 Å². The second-order valence-electron chi connectivity index (χ2n) is 8.56. The van der Waals surface area contributed by atoms with Crippen LogP contribution in [-0.2, 0) is 6.42 Å². The number of hydrogen-bond donors (Lipinski definition) is 0. The maximum absolute atomic E-state index is 13.1. The minimum Gasteiger partial charge on any atom is -1.00 e. The van der Waals surface area contributed by atoms with Gasteiger partial charge in [-0.25, -0.2) is 28.7 Å². The first-order valence-electron chi connectivity index (χ1n) is 12.6. The molecule has 4 aromatic heterocycles. The molecule has 4 nitrogen and oxygen atoms in total. The first-order chi connectivity index (χ1) is 20.0. The van der Waals surface area contributed by atoms with Crippen molar-refractivity contribution in [1.29, 1.82) is 0 Å². The van der Waals surface area contributed by atoms with E-state index >= 15 is 0 Å². The maximum Gasteiger partial charge on any atom is 2.00 e. The molecule has 6 rings (SSSR count). The van der Waals surface area contributed by atoms with Gasteiger partial charge < -0.3 is 8.35 Å². The number of fused-ring (bicyclic) bond motifs is 2. The van der Waals surface area contributed by atoms with Gasteiger partial charge >= 0.3 is 23.1 Å². The second-order valence-corrected chi connectivity index (χ2v) is 10.6. The molecule has 218 valence electrons. The third-order valence-corrected chi connectivity index (χ3v) is 7.93. The summed E-state index contributed by atoms with van der Waals surface area (Å²) in [5, 5.41) is 6.34. The summed E-state index contributed by atoms with van der Waals surface area (Å²) in [6.07, 6.45) is 9.25. The molecule has 0 amide bonds. The molecular formula is C32H28BrClF2MgN4S2. The molecule has 0 spiro atoms. The number of rotatable bonds is 6. The third-order valence-electron chi connectivity index (χ3n) is 5.87. The van der Waals surface area contributed by atoms with Crippen LogP contribution in [0.3, 0.4) is 0 Å². The zero-order chi connectivity index (χ0) is 29.2. The summed E-state index contributed by atoms with van der Waals surface area (Å²) in [4.78, 5) is 18.6. The third kappa shape index (κ3) is 9.44. The van der Waals surface area contributed by atoms with Gasteiger partial charge in [-0.2, -0.15) is 6.42 Å². The fourth-order valence-corrected chi connectivity index (χ4v) is 6.03. The fraction of sp³-hybridized carbons (Fsp3) is 0.0938. The molecule has 11 heteroatoms. The number of aromatic nitrogens is 4. The predicted octanol–water partition coefficient (Wildman–Crippen LogP) is 10.5. The zero-order valence-corrected chi connectivity index (χ0v) is 28.7. The summed E-state index contributed by atoms with van der Waals surface area (Å²) in [7, 11) is 0. The van der Waals surface area contributed by atoms with Crippen molar-refractivity contribution in [3.63, 3.8) is 0 Å². The van der Waals surface area contributed by atoms with Gasteiger partial charge in [0.1, 0.15) is 39.1 Å². The van der Waals surface area contributed by atoms with Crippen LogP contribution < -0.4 is 0 Å². The Bertz CT molecular complexity index is 1770. The summed E-state index contributed by atoms with van der Waals surface area (Å²) in [5.74, 6) is -0.480. The number of thiophene rings is 2.